The van der Waals surface area contributed by atoms with Crippen molar-refractivity contribution in [1.29, 1.82) is 0 Å². The number of halogens is 2. The van der Waals surface area contributed by atoms with Crippen LogP contribution in [-0.2, 0) is 0 Å². The normalized spacial score (nSPS) is 10.4. The van der Waals surface area contributed by atoms with Crippen molar-refractivity contribution in [3.05, 3.63) is 26.6 Å². The Bertz CT molecular complexity index is 300. The molecule has 0 unspecified atom stereocenters. The average molecular weight is 335 g/mol. The van der Waals surface area contributed by atoms with Gasteiger partial charge in [-0.2, -0.15) is 0 Å². The summed E-state index contributed by atoms with van der Waals surface area (Å²) in [5.74, 6) is 0. The molecule has 0 spiro atoms. The van der Waals surface area contributed by atoms with Crippen LogP contribution in [0, 0.1) is 6.92 Å². The van der Waals surface area contributed by atoms with Crippen molar-refractivity contribution in [3.63, 3.8) is 0 Å². The first-order valence-corrected chi connectivity index (χ1v) is 6.93. The Balaban J connectivity index is 2.60. The van der Waals surface area contributed by atoms with Crippen molar-refractivity contribution in [3.8, 4) is 0 Å². The molecule has 1 N–H and O–H groups in total. The van der Waals surface area contributed by atoms with Gasteiger partial charge in [-0.15, -0.1) is 0 Å². The SMILES string of the molecule is CCCCCNc1c(Br)cc(C)cc1Br. The maximum absolute atomic E-state index is 3.57. The number of hydrogen-bond acceptors (Lipinski definition) is 1. The molecule has 84 valence electrons. The zero-order chi connectivity index (χ0) is 11.3. The van der Waals surface area contributed by atoms with Gasteiger partial charge >= 0.3 is 0 Å². The summed E-state index contributed by atoms with van der Waals surface area (Å²) in [6, 6.07) is 4.26. The van der Waals surface area contributed by atoms with Gasteiger partial charge in [-0.1, -0.05) is 19.8 Å². The molecule has 1 nitrogen and oxygen atoms in total. The largest absolute Gasteiger partial charge is 0.383 e. The lowest BCUT2D eigenvalue weighted by molar-refractivity contribution is 0.743. The van der Waals surface area contributed by atoms with E-state index in [2.05, 4.69) is 63.2 Å². The molecular weight excluding hydrogens is 318 g/mol. The van der Waals surface area contributed by atoms with E-state index in [1.165, 1.54) is 24.8 Å². The molecule has 1 aromatic carbocycles. The van der Waals surface area contributed by atoms with E-state index in [1.807, 2.05) is 0 Å². The summed E-state index contributed by atoms with van der Waals surface area (Å²) in [6.07, 6.45) is 3.77. The van der Waals surface area contributed by atoms with Crippen LogP contribution in [0.15, 0.2) is 21.1 Å². The van der Waals surface area contributed by atoms with E-state index in [9.17, 15) is 0 Å². The van der Waals surface area contributed by atoms with E-state index >= 15 is 0 Å². The standard InChI is InChI=1S/C12H17Br2N/c1-3-4-5-6-15-12-10(13)7-9(2)8-11(12)14/h7-8,15H,3-6H2,1-2H3. The number of rotatable bonds is 5. The number of nitrogens with one attached hydrogen (secondary N) is 1. The van der Waals surface area contributed by atoms with Crippen LogP contribution >= 0.6 is 31.9 Å². The van der Waals surface area contributed by atoms with E-state index in [4.69, 9.17) is 0 Å². The van der Waals surface area contributed by atoms with Crippen LogP contribution in [-0.4, -0.2) is 6.54 Å². The molecule has 1 rings (SSSR count). The third-order valence-electron chi connectivity index (χ3n) is 2.27. The van der Waals surface area contributed by atoms with E-state index < -0.39 is 0 Å². The second-order valence-electron chi connectivity index (χ2n) is 3.74. The first-order valence-electron chi connectivity index (χ1n) is 5.34. The van der Waals surface area contributed by atoms with Crippen molar-refractivity contribution < 1.29 is 0 Å². The summed E-state index contributed by atoms with van der Waals surface area (Å²) in [4.78, 5) is 0. The highest BCUT2D eigenvalue weighted by molar-refractivity contribution is 9.11. The van der Waals surface area contributed by atoms with Gasteiger partial charge in [-0.25, -0.2) is 0 Å². The molecule has 0 saturated heterocycles. The zero-order valence-corrected chi connectivity index (χ0v) is 12.4. The van der Waals surface area contributed by atoms with Gasteiger partial charge in [-0.05, 0) is 62.9 Å². The number of aryl methyl sites for hydroxylation is 1. The van der Waals surface area contributed by atoms with Crippen molar-refractivity contribution in [2.75, 3.05) is 11.9 Å². The molecule has 0 aliphatic heterocycles. The third-order valence-corrected chi connectivity index (χ3v) is 3.52. The topological polar surface area (TPSA) is 12.0 Å². The first-order chi connectivity index (χ1) is 7.15. The Morgan fingerprint density at radius 3 is 2.27 bits per heavy atom. The molecule has 0 fully saturated rings. The fourth-order valence-electron chi connectivity index (χ4n) is 1.46. The van der Waals surface area contributed by atoms with Gasteiger partial charge in [0.1, 0.15) is 0 Å². The van der Waals surface area contributed by atoms with E-state index in [0.717, 1.165) is 21.2 Å². The predicted molar refractivity (Wildman–Crippen MR) is 74.6 cm³/mol. The molecule has 0 radical (unpaired) electrons. The van der Waals surface area contributed by atoms with Gasteiger partial charge < -0.3 is 5.32 Å². The van der Waals surface area contributed by atoms with E-state index in [0.29, 0.717) is 0 Å². The molecule has 15 heavy (non-hydrogen) atoms. The van der Waals surface area contributed by atoms with E-state index in [-0.39, 0.29) is 0 Å². The van der Waals surface area contributed by atoms with Crippen LogP contribution in [0.1, 0.15) is 31.7 Å². The molecule has 0 bridgehead atoms. The molecule has 0 aromatic heterocycles. The van der Waals surface area contributed by atoms with Crippen molar-refractivity contribution >= 4 is 37.5 Å². The molecular formula is C12H17Br2N. The molecule has 0 aliphatic rings. The highest BCUT2D eigenvalue weighted by Crippen LogP contribution is 2.32. The van der Waals surface area contributed by atoms with Crippen LogP contribution in [0.4, 0.5) is 5.69 Å². The first kappa shape index (κ1) is 13.0. The fourth-order valence-corrected chi connectivity index (χ4v) is 3.15. The fraction of sp³-hybridized carbons (Fsp3) is 0.500. The van der Waals surface area contributed by atoms with Crippen molar-refractivity contribution in [1.82, 2.24) is 0 Å². The molecule has 0 aliphatic carbocycles. The second kappa shape index (κ2) is 6.54. The van der Waals surface area contributed by atoms with Gasteiger partial charge in [0, 0.05) is 15.5 Å². The lowest BCUT2D eigenvalue weighted by Crippen LogP contribution is -2.02. The van der Waals surface area contributed by atoms with Gasteiger partial charge in [0.15, 0.2) is 0 Å². The molecule has 1 aromatic rings. The minimum Gasteiger partial charge on any atom is -0.383 e. The van der Waals surface area contributed by atoms with Crippen molar-refractivity contribution in [2.24, 2.45) is 0 Å². The molecule has 3 heteroatoms. The van der Waals surface area contributed by atoms with Gasteiger partial charge in [0.2, 0.25) is 0 Å². The Hall–Kier alpha value is -0.0200. The lowest BCUT2D eigenvalue weighted by Gasteiger charge is -2.11. The lowest BCUT2D eigenvalue weighted by atomic mass is 10.2. The smallest absolute Gasteiger partial charge is 0.0629 e. The summed E-state index contributed by atoms with van der Waals surface area (Å²) in [5.41, 5.74) is 2.42. The summed E-state index contributed by atoms with van der Waals surface area (Å²) in [6.45, 7) is 5.35. The van der Waals surface area contributed by atoms with E-state index in [1.54, 1.807) is 0 Å². The average Bonchev–Trinajstić information content (AvgIpc) is 2.15. The summed E-state index contributed by atoms with van der Waals surface area (Å²) < 4.78 is 2.26. The van der Waals surface area contributed by atoms with Gasteiger partial charge in [0.25, 0.3) is 0 Å². The molecule has 0 saturated carbocycles. The zero-order valence-electron chi connectivity index (χ0n) is 9.24. The molecule has 0 amide bonds. The van der Waals surface area contributed by atoms with Crippen LogP contribution in [0.2, 0.25) is 0 Å². The Morgan fingerprint density at radius 2 is 1.73 bits per heavy atom. The summed E-state index contributed by atoms with van der Waals surface area (Å²) >= 11 is 7.15. The minimum atomic E-state index is 1.04. The summed E-state index contributed by atoms with van der Waals surface area (Å²) in [5, 5.41) is 3.45. The molecule has 0 atom stereocenters. The maximum atomic E-state index is 3.57. The highest BCUT2D eigenvalue weighted by atomic mass is 79.9. The van der Waals surface area contributed by atoms with Crippen LogP contribution < -0.4 is 5.32 Å². The number of unbranched alkanes of at least 4 members (excludes halogenated alkanes) is 2. The Morgan fingerprint density at radius 1 is 1.13 bits per heavy atom. The monoisotopic (exact) mass is 333 g/mol. The van der Waals surface area contributed by atoms with Crippen LogP contribution in [0.25, 0.3) is 0 Å². The number of benzene rings is 1. The Kier molecular flexibility index (Phi) is 5.69. The maximum Gasteiger partial charge on any atom is 0.0629 e. The van der Waals surface area contributed by atoms with Crippen LogP contribution in [0.5, 0.6) is 0 Å². The van der Waals surface area contributed by atoms with Crippen molar-refractivity contribution in [2.45, 2.75) is 33.1 Å². The predicted octanol–water partition coefficient (Wildman–Crippen LogP) is 5.12. The van der Waals surface area contributed by atoms with Crippen LogP contribution in [0.3, 0.4) is 0 Å². The second-order valence-corrected chi connectivity index (χ2v) is 5.45. The van der Waals surface area contributed by atoms with Gasteiger partial charge in [-0.3, -0.25) is 0 Å². The summed E-state index contributed by atoms with van der Waals surface area (Å²) in [7, 11) is 0. The van der Waals surface area contributed by atoms with Gasteiger partial charge in [0.05, 0.1) is 5.69 Å². The quantitative estimate of drug-likeness (QED) is 0.737. The third kappa shape index (κ3) is 4.15. The number of anilines is 1. The Labute approximate surface area is 109 Å². The minimum absolute atomic E-state index is 1.04. The highest BCUT2D eigenvalue weighted by Gasteiger charge is 2.04. The molecule has 0 heterocycles. The number of hydrogen-bond donors (Lipinski definition) is 1.